The Morgan fingerprint density at radius 1 is 0.806 bits per heavy atom. The van der Waals surface area contributed by atoms with Crippen LogP contribution in [0.2, 0.25) is 0 Å². The number of carbonyl (C=O) groups excluding carboxylic acids is 1. The van der Waals surface area contributed by atoms with Gasteiger partial charge in [-0.15, -0.1) is 0 Å². The van der Waals surface area contributed by atoms with Crippen molar-refractivity contribution < 1.29 is 9.53 Å². The maximum Gasteiger partial charge on any atom is 0.228 e. The molecule has 0 bridgehead atoms. The third-order valence-corrected chi connectivity index (χ3v) is 6.04. The van der Waals surface area contributed by atoms with Gasteiger partial charge in [-0.2, -0.15) is 0 Å². The number of piperazine rings is 1. The second-order valence-corrected chi connectivity index (χ2v) is 7.98. The Hall–Kier alpha value is -3.38. The highest BCUT2D eigenvalue weighted by Gasteiger charge is 2.35. The molecule has 0 unspecified atom stereocenters. The van der Waals surface area contributed by atoms with Crippen molar-refractivity contribution >= 4 is 17.4 Å². The van der Waals surface area contributed by atoms with Gasteiger partial charge in [0.25, 0.3) is 0 Å². The number of ether oxygens (including phenoxy) is 1. The van der Waals surface area contributed by atoms with Gasteiger partial charge < -0.3 is 14.5 Å². The van der Waals surface area contributed by atoms with E-state index in [1.165, 1.54) is 0 Å². The number of aromatic nitrogens is 1. The van der Waals surface area contributed by atoms with Gasteiger partial charge in [-0.25, -0.2) is 4.98 Å². The minimum atomic E-state index is 0.189. The predicted molar refractivity (Wildman–Crippen MR) is 122 cm³/mol. The van der Waals surface area contributed by atoms with Crippen molar-refractivity contribution in [2.75, 3.05) is 42.5 Å². The molecule has 0 radical (unpaired) electrons. The van der Waals surface area contributed by atoms with E-state index in [4.69, 9.17) is 4.74 Å². The molecule has 3 heterocycles. The second-order valence-electron chi connectivity index (χ2n) is 7.98. The average Bonchev–Trinajstić information content (AvgIpc) is 3.22. The maximum absolute atomic E-state index is 12.7. The summed E-state index contributed by atoms with van der Waals surface area (Å²) in [5.74, 6) is 2.79. The summed E-state index contributed by atoms with van der Waals surface area (Å²) in [6.45, 7) is 4.51. The molecule has 5 rings (SSSR count). The number of nitrogens with zero attached hydrogens (tertiary/aromatic N) is 4. The van der Waals surface area contributed by atoms with Crippen LogP contribution < -0.4 is 14.5 Å². The molecule has 1 atom stereocenters. The van der Waals surface area contributed by atoms with Crippen LogP contribution in [0.3, 0.4) is 0 Å². The standard InChI is InChI=1S/C25H26N4O2/c30-25-18-21(27-14-16-28(17-15-27)24-8-4-5-13-26-24)19-29(25)20-9-11-23(12-10-20)31-22-6-2-1-3-7-22/h1-13,21H,14-19H2/t21-/m0/s1. The third kappa shape index (κ3) is 4.39. The molecule has 2 fully saturated rings. The molecule has 3 aromatic rings. The molecule has 6 heteroatoms. The number of benzene rings is 2. The molecule has 0 spiro atoms. The van der Waals surface area contributed by atoms with Crippen molar-refractivity contribution in [2.45, 2.75) is 12.5 Å². The van der Waals surface area contributed by atoms with Gasteiger partial charge in [0.05, 0.1) is 0 Å². The molecule has 158 valence electrons. The van der Waals surface area contributed by atoms with Gasteiger partial charge in [0, 0.05) is 57.1 Å². The topological polar surface area (TPSA) is 48.9 Å². The van der Waals surface area contributed by atoms with Crippen LogP contribution in [0.4, 0.5) is 11.5 Å². The number of anilines is 2. The van der Waals surface area contributed by atoms with Gasteiger partial charge >= 0.3 is 0 Å². The van der Waals surface area contributed by atoms with Gasteiger partial charge in [0.2, 0.25) is 5.91 Å². The van der Waals surface area contributed by atoms with Crippen LogP contribution in [0, 0.1) is 0 Å². The van der Waals surface area contributed by atoms with E-state index in [2.05, 4.69) is 20.9 Å². The number of hydrogen-bond acceptors (Lipinski definition) is 5. The van der Waals surface area contributed by atoms with Gasteiger partial charge in [-0.3, -0.25) is 9.69 Å². The van der Waals surface area contributed by atoms with Crippen LogP contribution in [0.25, 0.3) is 0 Å². The molecular weight excluding hydrogens is 388 g/mol. The second kappa shape index (κ2) is 8.78. The summed E-state index contributed by atoms with van der Waals surface area (Å²) in [6, 6.07) is 23.8. The molecule has 2 saturated heterocycles. The maximum atomic E-state index is 12.7. The van der Waals surface area contributed by atoms with E-state index in [1.807, 2.05) is 77.8 Å². The largest absolute Gasteiger partial charge is 0.457 e. The van der Waals surface area contributed by atoms with Crippen molar-refractivity contribution in [1.29, 1.82) is 0 Å². The number of rotatable bonds is 5. The monoisotopic (exact) mass is 414 g/mol. The Bertz CT molecular complexity index is 1000. The van der Waals surface area contributed by atoms with E-state index in [1.54, 1.807) is 0 Å². The Morgan fingerprint density at radius 2 is 1.52 bits per heavy atom. The minimum absolute atomic E-state index is 0.189. The first-order valence-corrected chi connectivity index (χ1v) is 10.8. The number of pyridine rings is 1. The lowest BCUT2D eigenvalue weighted by atomic mass is 10.2. The lowest BCUT2D eigenvalue weighted by Gasteiger charge is -2.38. The van der Waals surface area contributed by atoms with E-state index in [0.29, 0.717) is 6.42 Å². The molecule has 31 heavy (non-hydrogen) atoms. The number of amides is 1. The first kappa shape index (κ1) is 19.6. The first-order valence-electron chi connectivity index (χ1n) is 10.8. The van der Waals surface area contributed by atoms with Crippen molar-refractivity contribution in [3.63, 3.8) is 0 Å². The van der Waals surface area contributed by atoms with E-state index < -0.39 is 0 Å². The summed E-state index contributed by atoms with van der Waals surface area (Å²) >= 11 is 0. The van der Waals surface area contributed by atoms with Crippen LogP contribution in [-0.2, 0) is 4.79 Å². The normalized spacial score (nSPS) is 19.6. The Balaban J connectivity index is 1.19. The van der Waals surface area contributed by atoms with Crippen molar-refractivity contribution in [3.05, 3.63) is 79.0 Å². The molecule has 0 N–H and O–H groups in total. The third-order valence-electron chi connectivity index (χ3n) is 6.04. The number of carbonyl (C=O) groups is 1. The summed E-state index contributed by atoms with van der Waals surface area (Å²) in [6.07, 6.45) is 2.41. The molecule has 6 nitrogen and oxygen atoms in total. The highest BCUT2D eigenvalue weighted by molar-refractivity contribution is 5.96. The molecular formula is C25H26N4O2. The van der Waals surface area contributed by atoms with E-state index >= 15 is 0 Å². The molecule has 2 aliphatic heterocycles. The van der Waals surface area contributed by atoms with Crippen molar-refractivity contribution in [3.8, 4) is 11.5 Å². The molecule has 1 aromatic heterocycles. The molecule has 1 amide bonds. The molecule has 0 saturated carbocycles. The molecule has 0 aliphatic carbocycles. The van der Waals surface area contributed by atoms with Gasteiger partial charge in [-0.1, -0.05) is 24.3 Å². The fourth-order valence-electron chi connectivity index (χ4n) is 4.36. The van der Waals surface area contributed by atoms with Crippen molar-refractivity contribution in [1.82, 2.24) is 9.88 Å². The zero-order valence-electron chi connectivity index (χ0n) is 17.4. The highest BCUT2D eigenvalue weighted by Crippen LogP contribution is 2.28. The lowest BCUT2D eigenvalue weighted by molar-refractivity contribution is -0.117. The van der Waals surface area contributed by atoms with Crippen LogP contribution in [0.15, 0.2) is 79.0 Å². The number of para-hydroxylation sites is 1. The van der Waals surface area contributed by atoms with Crippen molar-refractivity contribution in [2.24, 2.45) is 0 Å². The molecule has 2 aromatic carbocycles. The molecule has 2 aliphatic rings. The van der Waals surface area contributed by atoms with Crippen LogP contribution in [-0.4, -0.2) is 54.6 Å². The van der Waals surface area contributed by atoms with Gasteiger partial charge in [0.1, 0.15) is 17.3 Å². The first-order chi connectivity index (χ1) is 15.3. The fourth-order valence-corrected chi connectivity index (χ4v) is 4.36. The smallest absolute Gasteiger partial charge is 0.228 e. The summed E-state index contributed by atoms with van der Waals surface area (Å²) < 4.78 is 5.86. The predicted octanol–water partition coefficient (Wildman–Crippen LogP) is 3.80. The zero-order chi connectivity index (χ0) is 21.0. The SMILES string of the molecule is O=C1C[C@H](N2CCN(c3ccccn3)CC2)CN1c1ccc(Oc2ccccc2)cc1. The Labute approximate surface area is 182 Å². The van der Waals surface area contributed by atoms with Crippen LogP contribution in [0.5, 0.6) is 11.5 Å². The zero-order valence-corrected chi connectivity index (χ0v) is 17.4. The van der Waals surface area contributed by atoms with Gasteiger partial charge in [0.15, 0.2) is 0 Å². The summed E-state index contributed by atoms with van der Waals surface area (Å²) in [5.41, 5.74) is 0.931. The van der Waals surface area contributed by atoms with Crippen LogP contribution in [0.1, 0.15) is 6.42 Å². The Kier molecular flexibility index (Phi) is 5.54. The summed E-state index contributed by atoms with van der Waals surface area (Å²) in [4.78, 5) is 23.9. The number of hydrogen-bond donors (Lipinski definition) is 0. The van der Waals surface area contributed by atoms with E-state index in [0.717, 1.165) is 55.7 Å². The van der Waals surface area contributed by atoms with E-state index in [-0.39, 0.29) is 11.9 Å². The lowest BCUT2D eigenvalue weighted by Crippen LogP contribution is -2.51. The van der Waals surface area contributed by atoms with E-state index in [9.17, 15) is 4.79 Å². The van der Waals surface area contributed by atoms with Gasteiger partial charge in [-0.05, 0) is 48.5 Å². The summed E-state index contributed by atoms with van der Waals surface area (Å²) in [7, 11) is 0. The quantitative estimate of drug-likeness (QED) is 0.636. The minimum Gasteiger partial charge on any atom is -0.457 e. The van der Waals surface area contributed by atoms with Crippen LogP contribution >= 0.6 is 0 Å². The fraction of sp³-hybridized carbons (Fsp3) is 0.280. The summed E-state index contributed by atoms with van der Waals surface area (Å²) in [5, 5.41) is 0. The highest BCUT2D eigenvalue weighted by atomic mass is 16.5. The average molecular weight is 415 g/mol. The Morgan fingerprint density at radius 3 is 2.23 bits per heavy atom.